The van der Waals surface area contributed by atoms with E-state index in [-0.39, 0.29) is 23.8 Å². The highest BCUT2D eigenvalue weighted by Crippen LogP contribution is 2.18. The quantitative estimate of drug-likeness (QED) is 0.411. The molecule has 1 aromatic heterocycles. The van der Waals surface area contributed by atoms with Gasteiger partial charge >= 0.3 is 0 Å². The summed E-state index contributed by atoms with van der Waals surface area (Å²) < 4.78 is 0. The zero-order valence-electron chi connectivity index (χ0n) is 15.8. The van der Waals surface area contributed by atoms with Gasteiger partial charge in [-0.05, 0) is 29.8 Å². The monoisotopic (exact) mass is 408 g/mol. The fourth-order valence-corrected chi connectivity index (χ4v) is 3.43. The molecule has 0 saturated carbocycles. The Labute approximate surface area is 172 Å². The van der Waals surface area contributed by atoms with Crippen LogP contribution in [0.1, 0.15) is 18.2 Å². The van der Waals surface area contributed by atoms with Crippen molar-refractivity contribution in [2.45, 2.75) is 24.3 Å². The lowest BCUT2D eigenvalue weighted by Crippen LogP contribution is -2.18. The van der Waals surface area contributed by atoms with Crippen molar-refractivity contribution in [3.05, 3.63) is 82.3 Å². The van der Waals surface area contributed by atoms with Gasteiger partial charge < -0.3 is 15.6 Å². The van der Waals surface area contributed by atoms with E-state index in [1.165, 1.54) is 24.8 Å². The highest BCUT2D eigenvalue weighted by atomic mass is 32.2. The van der Waals surface area contributed by atoms with Crippen molar-refractivity contribution in [3.8, 4) is 0 Å². The minimum Gasteiger partial charge on any atom is -0.326 e. The maximum Gasteiger partial charge on any atom is 0.251 e. The molecule has 0 radical (unpaired) electrons. The molecule has 148 valence electrons. The van der Waals surface area contributed by atoms with Crippen LogP contribution in [0.4, 0.5) is 11.4 Å². The number of nitrogens with one attached hydrogen (secondary N) is 3. The minimum absolute atomic E-state index is 0.0176. The molecule has 0 unspecified atom stereocenters. The molecule has 0 aliphatic carbocycles. The zero-order chi connectivity index (χ0) is 20.6. The summed E-state index contributed by atoms with van der Waals surface area (Å²) in [4.78, 5) is 42.3. The van der Waals surface area contributed by atoms with Gasteiger partial charge in [-0.2, -0.15) is 0 Å². The predicted molar refractivity (Wildman–Crippen MR) is 114 cm³/mol. The van der Waals surface area contributed by atoms with Crippen LogP contribution in [-0.4, -0.2) is 21.8 Å². The molecule has 0 spiro atoms. The fraction of sp³-hybridized carbons (Fsp3) is 0.143. The predicted octanol–water partition coefficient (Wildman–Crippen LogP) is 3.20. The molecule has 7 nitrogen and oxygen atoms in total. The van der Waals surface area contributed by atoms with E-state index in [0.29, 0.717) is 28.0 Å². The van der Waals surface area contributed by atoms with Gasteiger partial charge in [0.1, 0.15) is 0 Å². The first-order valence-electron chi connectivity index (χ1n) is 8.92. The van der Waals surface area contributed by atoms with Gasteiger partial charge in [0.2, 0.25) is 11.8 Å². The summed E-state index contributed by atoms with van der Waals surface area (Å²) in [5.41, 5.74) is 2.46. The van der Waals surface area contributed by atoms with Crippen molar-refractivity contribution in [3.63, 3.8) is 0 Å². The summed E-state index contributed by atoms with van der Waals surface area (Å²) in [6, 6.07) is 17.9. The Bertz CT molecular complexity index is 1050. The van der Waals surface area contributed by atoms with E-state index in [4.69, 9.17) is 0 Å². The Morgan fingerprint density at radius 1 is 1.00 bits per heavy atom. The number of benzene rings is 2. The largest absolute Gasteiger partial charge is 0.326 e. The standard InChI is InChI=1S/C21H20N4O3S/c1-14(26)22-16-7-9-17(10-8-16)23-19(27)11-18-12-20(28)25-21(24-18)29-13-15-5-3-2-4-6-15/h2-10,12H,11,13H2,1H3,(H,22,26)(H,23,27)(H,24,25,28). The second-order valence-corrected chi connectivity index (χ2v) is 7.26. The number of aromatic amines is 1. The Balaban J connectivity index is 1.60. The van der Waals surface area contributed by atoms with Gasteiger partial charge in [0.25, 0.3) is 5.56 Å². The van der Waals surface area contributed by atoms with Crippen LogP contribution in [0.5, 0.6) is 0 Å². The smallest absolute Gasteiger partial charge is 0.251 e. The van der Waals surface area contributed by atoms with E-state index in [1.807, 2.05) is 30.3 Å². The van der Waals surface area contributed by atoms with Gasteiger partial charge in [0.15, 0.2) is 5.16 Å². The summed E-state index contributed by atoms with van der Waals surface area (Å²) in [6.45, 7) is 1.43. The topological polar surface area (TPSA) is 104 Å². The third kappa shape index (κ3) is 6.62. The van der Waals surface area contributed by atoms with E-state index in [1.54, 1.807) is 24.3 Å². The van der Waals surface area contributed by atoms with Gasteiger partial charge in [-0.1, -0.05) is 42.1 Å². The molecule has 29 heavy (non-hydrogen) atoms. The molecule has 0 saturated heterocycles. The Kier molecular flexibility index (Phi) is 6.80. The number of amides is 2. The molecular weight excluding hydrogens is 388 g/mol. The summed E-state index contributed by atoms with van der Waals surface area (Å²) in [7, 11) is 0. The number of carbonyl (C=O) groups excluding carboxylic acids is 2. The highest BCUT2D eigenvalue weighted by Gasteiger charge is 2.09. The lowest BCUT2D eigenvalue weighted by Gasteiger charge is -2.07. The number of H-pyrrole nitrogens is 1. The average Bonchev–Trinajstić information content (AvgIpc) is 2.68. The molecule has 2 amide bonds. The van der Waals surface area contributed by atoms with Crippen LogP contribution in [0, 0.1) is 0 Å². The molecule has 3 aromatic rings. The number of aromatic nitrogens is 2. The van der Waals surface area contributed by atoms with Crippen molar-refractivity contribution in [1.82, 2.24) is 9.97 Å². The molecule has 0 atom stereocenters. The van der Waals surface area contributed by atoms with Crippen molar-refractivity contribution in [2.24, 2.45) is 0 Å². The van der Waals surface area contributed by atoms with Crippen molar-refractivity contribution < 1.29 is 9.59 Å². The maximum atomic E-state index is 12.3. The SMILES string of the molecule is CC(=O)Nc1ccc(NC(=O)Cc2cc(=O)[nH]c(SCc3ccccc3)n2)cc1. The maximum absolute atomic E-state index is 12.3. The first kappa shape index (κ1) is 20.3. The number of nitrogens with zero attached hydrogens (tertiary/aromatic N) is 1. The molecular formula is C21H20N4O3S. The molecule has 3 N–H and O–H groups in total. The summed E-state index contributed by atoms with van der Waals surface area (Å²) in [5, 5.41) is 5.89. The van der Waals surface area contributed by atoms with Crippen LogP contribution in [0.15, 0.2) is 70.6 Å². The molecule has 0 aliphatic rings. The summed E-state index contributed by atoms with van der Waals surface area (Å²) in [6.07, 6.45) is -0.0176. The third-order valence-electron chi connectivity index (χ3n) is 3.82. The zero-order valence-corrected chi connectivity index (χ0v) is 16.6. The first-order valence-corrected chi connectivity index (χ1v) is 9.91. The van der Waals surface area contributed by atoms with Crippen LogP contribution in [-0.2, 0) is 21.8 Å². The van der Waals surface area contributed by atoms with Crippen molar-refractivity contribution >= 4 is 35.0 Å². The average molecular weight is 408 g/mol. The number of carbonyl (C=O) groups is 2. The lowest BCUT2D eigenvalue weighted by molar-refractivity contribution is -0.116. The number of hydrogen-bond donors (Lipinski definition) is 3. The number of rotatable bonds is 7. The van der Waals surface area contributed by atoms with Gasteiger partial charge in [0, 0.05) is 30.1 Å². The van der Waals surface area contributed by atoms with Crippen LogP contribution in [0.25, 0.3) is 0 Å². The van der Waals surface area contributed by atoms with Gasteiger partial charge in [-0.3, -0.25) is 14.4 Å². The van der Waals surface area contributed by atoms with Gasteiger partial charge in [0.05, 0.1) is 12.1 Å². The Morgan fingerprint density at radius 2 is 1.66 bits per heavy atom. The van der Waals surface area contributed by atoms with E-state index >= 15 is 0 Å². The van der Waals surface area contributed by atoms with Gasteiger partial charge in [-0.15, -0.1) is 0 Å². The first-order chi connectivity index (χ1) is 14.0. The summed E-state index contributed by atoms with van der Waals surface area (Å²) in [5.74, 6) is 0.220. The Hall–Kier alpha value is -3.39. The van der Waals surface area contributed by atoms with E-state index < -0.39 is 0 Å². The third-order valence-corrected chi connectivity index (χ3v) is 4.77. The molecule has 2 aromatic carbocycles. The number of hydrogen-bond acceptors (Lipinski definition) is 5. The minimum atomic E-state index is -0.293. The molecule has 8 heteroatoms. The Morgan fingerprint density at radius 3 is 2.31 bits per heavy atom. The van der Waals surface area contributed by atoms with E-state index in [0.717, 1.165) is 5.56 Å². The molecule has 0 bridgehead atoms. The second kappa shape index (κ2) is 9.70. The molecule has 1 heterocycles. The van der Waals surface area contributed by atoms with Crippen molar-refractivity contribution in [1.29, 1.82) is 0 Å². The number of thioether (sulfide) groups is 1. The van der Waals surface area contributed by atoms with E-state index in [2.05, 4.69) is 20.6 Å². The second-order valence-electron chi connectivity index (χ2n) is 6.30. The van der Waals surface area contributed by atoms with Crippen LogP contribution < -0.4 is 16.2 Å². The fourth-order valence-electron chi connectivity index (χ4n) is 2.58. The number of anilines is 2. The van der Waals surface area contributed by atoms with Crippen LogP contribution in [0.2, 0.25) is 0 Å². The normalized spacial score (nSPS) is 10.4. The summed E-state index contributed by atoms with van der Waals surface area (Å²) >= 11 is 1.41. The highest BCUT2D eigenvalue weighted by molar-refractivity contribution is 7.98. The molecule has 3 rings (SSSR count). The van der Waals surface area contributed by atoms with Gasteiger partial charge in [-0.25, -0.2) is 4.98 Å². The molecule has 0 aliphatic heterocycles. The lowest BCUT2D eigenvalue weighted by atomic mass is 10.2. The van der Waals surface area contributed by atoms with Crippen LogP contribution >= 0.6 is 11.8 Å². The van der Waals surface area contributed by atoms with E-state index in [9.17, 15) is 14.4 Å². The van der Waals surface area contributed by atoms with Crippen molar-refractivity contribution in [2.75, 3.05) is 10.6 Å². The van der Waals surface area contributed by atoms with Crippen LogP contribution in [0.3, 0.4) is 0 Å². The molecule has 0 fully saturated rings.